The summed E-state index contributed by atoms with van der Waals surface area (Å²) in [6, 6.07) is 10.1. The van der Waals surface area contributed by atoms with E-state index in [1.54, 1.807) is 39.0 Å². The summed E-state index contributed by atoms with van der Waals surface area (Å²) in [5.74, 6) is -3.35. The molecule has 0 bridgehead atoms. The van der Waals surface area contributed by atoms with Crippen LogP contribution in [0.4, 0.5) is 0 Å². The van der Waals surface area contributed by atoms with Crippen molar-refractivity contribution in [2.75, 3.05) is 6.61 Å². The van der Waals surface area contributed by atoms with Crippen LogP contribution in [0.15, 0.2) is 24.3 Å². The van der Waals surface area contributed by atoms with Crippen LogP contribution in [-0.2, 0) is 9.53 Å². The summed E-state index contributed by atoms with van der Waals surface area (Å²) in [6.07, 6.45) is 0.668. The van der Waals surface area contributed by atoms with E-state index in [4.69, 9.17) is 4.74 Å². The third-order valence-electron chi connectivity index (χ3n) is 3.35. The number of esters is 1. The summed E-state index contributed by atoms with van der Waals surface area (Å²) < 4.78 is 5.16. The van der Waals surface area contributed by atoms with E-state index in [1.807, 2.05) is 19.1 Å². The summed E-state index contributed by atoms with van der Waals surface area (Å²) in [7, 11) is 0. The van der Waals surface area contributed by atoms with Crippen LogP contribution < -0.4 is 5.32 Å². The van der Waals surface area contributed by atoms with Gasteiger partial charge >= 0.3 is 5.97 Å². The number of carbonyl (C=O) groups is 2. The van der Waals surface area contributed by atoms with Gasteiger partial charge in [-0.15, -0.1) is 0 Å². The molecule has 1 rings (SSSR count). The number of benzene rings is 1. The van der Waals surface area contributed by atoms with Gasteiger partial charge in [-0.3, -0.25) is 4.79 Å². The van der Waals surface area contributed by atoms with Gasteiger partial charge in [0.15, 0.2) is 0 Å². The fourth-order valence-electron chi connectivity index (χ4n) is 2.32. The zero-order valence-corrected chi connectivity index (χ0v) is 15.0. The van der Waals surface area contributed by atoms with Crippen LogP contribution in [0.1, 0.15) is 56.0 Å². The van der Waals surface area contributed by atoms with Crippen LogP contribution in [0, 0.1) is 28.6 Å². The molecule has 0 aliphatic rings. The first-order chi connectivity index (χ1) is 11.7. The van der Waals surface area contributed by atoms with E-state index in [9.17, 15) is 20.1 Å². The lowest BCUT2D eigenvalue weighted by Crippen LogP contribution is -2.44. The van der Waals surface area contributed by atoms with Gasteiger partial charge in [-0.25, -0.2) is 4.79 Å². The Morgan fingerprint density at radius 2 is 1.80 bits per heavy atom. The Hall–Kier alpha value is -2.86. The Labute approximate surface area is 148 Å². The molecule has 1 aromatic carbocycles. The van der Waals surface area contributed by atoms with Gasteiger partial charge in [0.2, 0.25) is 5.91 Å². The topological polar surface area (TPSA) is 103 Å². The van der Waals surface area contributed by atoms with E-state index in [0.29, 0.717) is 12.0 Å². The van der Waals surface area contributed by atoms with E-state index in [0.717, 1.165) is 0 Å². The zero-order chi connectivity index (χ0) is 19.0. The van der Waals surface area contributed by atoms with Crippen LogP contribution >= 0.6 is 0 Å². The molecule has 0 aliphatic heterocycles. The van der Waals surface area contributed by atoms with Gasteiger partial charge < -0.3 is 10.1 Å². The summed E-state index contributed by atoms with van der Waals surface area (Å²) in [6.45, 7) is 7.54. The lowest BCUT2D eigenvalue weighted by molar-refractivity contribution is -0.124. The fourth-order valence-corrected chi connectivity index (χ4v) is 2.32. The second kappa shape index (κ2) is 8.84. The molecule has 0 heterocycles. The van der Waals surface area contributed by atoms with Crippen molar-refractivity contribution >= 4 is 11.9 Å². The molecule has 0 aromatic heterocycles. The van der Waals surface area contributed by atoms with Gasteiger partial charge in [-0.05, 0) is 38.8 Å². The van der Waals surface area contributed by atoms with E-state index in [2.05, 4.69) is 5.32 Å². The lowest BCUT2D eigenvalue weighted by atomic mass is 9.83. The average molecular weight is 341 g/mol. The maximum Gasteiger partial charge on any atom is 0.338 e. The lowest BCUT2D eigenvalue weighted by Gasteiger charge is -2.26. The molecule has 1 amide bonds. The molecule has 25 heavy (non-hydrogen) atoms. The highest BCUT2D eigenvalue weighted by Gasteiger charge is 2.35. The molecule has 0 fully saturated rings. The number of rotatable bonds is 6. The van der Waals surface area contributed by atoms with E-state index >= 15 is 0 Å². The number of hydrogen-bond acceptors (Lipinski definition) is 5. The Kier molecular flexibility index (Phi) is 7.14. The quantitative estimate of drug-likeness (QED) is 0.801. The first-order valence-corrected chi connectivity index (χ1v) is 8.12. The Morgan fingerprint density at radius 3 is 2.32 bits per heavy atom. The predicted octanol–water partition coefficient (Wildman–Crippen LogP) is 2.92. The van der Waals surface area contributed by atoms with Gasteiger partial charge in [0, 0.05) is 5.54 Å². The van der Waals surface area contributed by atoms with Crippen molar-refractivity contribution in [3.63, 3.8) is 0 Å². The molecule has 0 spiro atoms. The molecule has 1 N–H and O–H groups in total. The van der Waals surface area contributed by atoms with Crippen molar-refractivity contribution in [1.82, 2.24) is 5.32 Å². The van der Waals surface area contributed by atoms with Crippen molar-refractivity contribution < 1.29 is 14.3 Å². The smallest absolute Gasteiger partial charge is 0.338 e. The maximum absolute atomic E-state index is 12.7. The third-order valence-corrected chi connectivity index (χ3v) is 3.35. The number of carbonyl (C=O) groups excluding carboxylic acids is 2. The van der Waals surface area contributed by atoms with Crippen molar-refractivity contribution in [1.29, 1.82) is 10.5 Å². The Bertz CT molecular complexity index is 694. The normalized spacial score (nSPS) is 12.0. The molecular formula is C19H23N3O3. The van der Waals surface area contributed by atoms with Crippen molar-refractivity contribution in [2.45, 2.75) is 45.6 Å². The van der Waals surface area contributed by atoms with Crippen LogP contribution in [0.3, 0.4) is 0 Å². The number of nitrogens with zero attached hydrogens (tertiary/aromatic N) is 2. The summed E-state index contributed by atoms with van der Waals surface area (Å²) in [5.41, 5.74) is -0.0263. The molecule has 0 saturated carbocycles. The van der Waals surface area contributed by atoms with E-state index in [-0.39, 0.29) is 12.2 Å². The predicted molar refractivity (Wildman–Crippen MR) is 92.4 cm³/mol. The van der Waals surface area contributed by atoms with Crippen LogP contribution in [0.25, 0.3) is 0 Å². The number of amides is 1. The minimum Gasteiger partial charge on any atom is -0.462 e. The molecule has 6 heteroatoms. The average Bonchev–Trinajstić information content (AvgIpc) is 2.55. The number of hydrogen-bond donors (Lipinski definition) is 1. The van der Waals surface area contributed by atoms with Gasteiger partial charge in [-0.1, -0.05) is 25.1 Å². The maximum atomic E-state index is 12.7. The molecule has 1 atom stereocenters. The summed E-state index contributed by atoms with van der Waals surface area (Å²) >= 11 is 0. The molecule has 6 nitrogen and oxygen atoms in total. The minimum atomic E-state index is -1.22. The summed E-state index contributed by atoms with van der Waals surface area (Å²) in [5, 5.41) is 21.4. The Morgan fingerprint density at radius 1 is 1.20 bits per heavy atom. The third kappa shape index (κ3) is 5.61. The van der Waals surface area contributed by atoms with Gasteiger partial charge in [-0.2, -0.15) is 10.5 Å². The standard InChI is InChI=1S/C19H23N3O3/c1-5-10-25-18(24)15-9-7-6-8-14(15)16(13(11-20)12-21)17(23)22-19(2,3)4/h6-9,13,16H,5,10H2,1-4H3,(H,22,23). The van der Waals surface area contributed by atoms with Crippen molar-refractivity contribution in [2.24, 2.45) is 5.92 Å². The first kappa shape index (κ1) is 20.2. The Balaban J connectivity index is 3.37. The van der Waals surface area contributed by atoms with E-state index in [1.165, 1.54) is 6.07 Å². The highest BCUT2D eigenvalue weighted by atomic mass is 16.5. The van der Waals surface area contributed by atoms with Crippen LogP contribution in [0.2, 0.25) is 0 Å². The highest BCUT2D eigenvalue weighted by Crippen LogP contribution is 2.29. The minimum absolute atomic E-state index is 0.195. The molecule has 0 saturated heterocycles. The zero-order valence-electron chi connectivity index (χ0n) is 15.0. The van der Waals surface area contributed by atoms with Gasteiger partial charge in [0.1, 0.15) is 5.92 Å². The largest absolute Gasteiger partial charge is 0.462 e. The van der Waals surface area contributed by atoms with Crippen LogP contribution in [-0.4, -0.2) is 24.0 Å². The molecule has 1 unspecified atom stereocenters. The fraction of sp³-hybridized carbons (Fsp3) is 0.474. The second-order valence-electron chi connectivity index (χ2n) is 6.68. The number of nitrogens with one attached hydrogen (secondary N) is 1. The molecule has 0 aliphatic carbocycles. The molecule has 132 valence electrons. The first-order valence-electron chi connectivity index (χ1n) is 8.12. The van der Waals surface area contributed by atoms with Gasteiger partial charge in [0.25, 0.3) is 0 Å². The molecular weight excluding hydrogens is 318 g/mol. The number of nitriles is 2. The number of ether oxygens (including phenoxy) is 1. The van der Waals surface area contributed by atoms with E-state index < -0.39 is 29.3 Å². The molecule has 1 aromatic rings. The SMILES string of the molecule is CCCOC(=O)c1ccccc1C(C(=O)NC(C)(C)C)C(C#N)C#N. The molecule has 0 radical (unpaired) electrons. The van der Waals surface area contributed by atoms with Gasteiger partial charge in [0.05, 0.1) is 30.2 Å². The summed E-state index contributed by atoms with van der Waals surface area (Å²) in [4.78, 5) is 25.1. The van der Waals surface area contributed by atoms with Crippen molar-refractivity contribution in [3.8, 4) is 12.1 Å². The van der Waals surface area contributed by atoms with Crippen molar-refractivity contribution in [3.05, 3.63) is 35.4 Å². The van der Waals surface area contributed by atoms with Crippen LogP contribution in [0.5, 0.6) is 0 Å². The highest BCUT2D eigenvalue weighted by molar-refractivity contribution is 5.95. The monoisotopic (exact) mass is 341 g/mol. The second-order valence-corrected chi connectivity index (χ2v) is 6.68.